The highest BCUT2D eigenvalue weighted by atomic mass is 79.9. The van der Waals surface area contributed by atoms with Crippen LogP contribution in [0.5, 0.6) is 0 Å². The summed E-state index contributed by atoms with van der Waals surface area (Å²) >= 11 is 15.3. The van der Waals surface area contributed by atoms with E-state index < -0.39 is 5.97 Å². The van der Waals surface area contributed by atoms with Crippen molar-refractivity contribution in [3.63, 3.8) is 0 Å². The topological polar surface area (TPSA) is 78.0 Å². The lowest BCUT2D eigenvalue weighted by Gasteiger charge is -2.06. The largest absolute Gasteiger partial charge is 0.478 e. The highest BCUT2D eigenvalue weighted by Crippen LogP contribution is 2.32. The van der Waals surface area contributed by atoms with E-state index in [4.69, 9.17) is 23.2 Å². The Morgan fingerprint density at radius 1 is 1.32 bits per heavy atom. The van der Waals surface area contributed by atoms with E-state index >= 15 is 0 Å². The zero-order valence-corrected chi connectivity index (χ0v) is 13.9. The predicted octanol–water partition coefficient (Wildman–Crippen LogP) is 5.07. The van der Waals surface area contributed by atoms with Gasteiger partial charge in [0.2, 0.25) is 5.95 Å². The number of carboxylic acid groups (broad SMARTS) is 1. The number of carboxylic acids is 1. The number of aromatic amines is 1. The summed E-state index contributed by atoms with van der Waals surface area (Å²) < 4.78 is 0.635. The summed E-state index contributed by atoms with van der Waals surface area (Å²) in [5.41, 5.74) is 1.65. The predicted molar refractivity (Wildman–Crippen MR) is 90.5 cm³/mol. The van der Waals surface area contributed by atoms with Gasteiger partial charge in [0.1, 0.15) is 0 Å². The van der Waals surface area contributed by atoms with E-state index in [0.717, 1.165) is 0 Å². The van der Waals surface area contributed by atoms with Gasteiger partial charge in [-0.2, -0.15) is 0 Å². The van der Waals surface area contributed by atoms with Crippen LogP contribution in [-0.2, 0) is 0 Å². The zero-order valence-electron chi connectivity index (χ0n) is 10.8. The van der Waals surface area contributed by atoms with Crippen LogP contribution in [0.2, 0.25) is 10.0 Å². The zero-order chi connectivity index (χ0) is 15.9. The number of benzene rings is 2. The molecular formula is C14H8BrCl2N3O2. The standard InChI is InChI=1S/C14H8BrCl2N3O2/c15-6-4-7(13(21)22)12-10(5-6)19-14(20-12)18-9-3-1-2-8(16)11(9)17/h1-5H,(H,21,22)(H2,18,19,20). The Morgan fingerprint density at radius 3 is 2.82 bits per heavy atom. The Morgan fingerprint density at radius 2 is 2.09 bits per heavy atom. The van der Waals surface area contributed by atoms with Crippen LogP contribution in [0.15, 0.2) is 34.8 Å². The molecule has 0 saturated carbocycles. The van der Waals surface area contributed by atoms with E-state index in [1.807, 2.05) is 0 Å². The molecule has 0 bridgehead atoms. The maximum Gasteiger partial charge on any atom is 0.337 e. The SMILES string of the molecule is O=C(O)c1cc(Br)cc2nc(Nc3cccc(Cl)c3Cl)[nH]c12. The van der Waals surface area contributed by atoms with E-state index in [1.165, 1.54) is 6.07 Å². The van der Waals surface area contributed by atoms with E-state index in [-0.39, 0.29) is 5.56 Å². The van der Waals surface area contributed by atoms with Gasteiger partial charge in [-0.05, 0) is 24.3 Å². The summed E-state index contributed by atoms with van der Waals surface area (Å²) in [6.45, 7) is 0. The highest BCUT2D eigenvalue weighted by Gasteiger charge is 2.15. The van der Waals surface area contributed by atoms with Crippen molar-refractivity contribution < 1.29 is 9.90 Å². The molecule has 1 aromatic heterocycles. The number of nitrogens with one attached hydrogen (secondary N) is 2. The molecular weight excluding hydrogens is 393 g/mol. The molecule has 22 heavy (non-hydrogen) atoms. The number of rotatable bonds is 3. The molecule has 2 aromatic carbocycles. The maximum atomic E-state index is 11.3. The molecule has 112 valence electrons. The smallest absolute Gasteiger partial charge is 0.337 e. The van der Waals surface area contributed by atoms with Crippen LogP contribution in [-0.4, -0.2) is 21.0 Å². The first-order chi connectivity index (χ1) is 10.5. The minimum absolute atomic E-state index is 0.127. The summed E-state index contributed by atoms with van der Waals surface area (Å²) in [5.74, 6) is -0.665. The normalized spacial score (nSPS) is 10.9. The van der Waals surface area contributed by atoms with Crippen LogP contribution in [0.25, 0.3) is 11.0 Å². The number of anilines is 2. The summed E-state index contributed by atoms with van der Waals surface area (Å²) in [4.78, 5) is 18.6. The number of hydrogen-bond donors (Lipinski definition) is 3. The third-order valence-corrected chi connectivity index (χ3v) is 4.27. The van der Waals surface area contributed by atoms with E-state index in [0.29, 0.717) is 37.2 Å². The average molecular weight is 401 g/mol. The lowest BCUT2D eigenvalue weighted by molar-refractivity contribution is 0.0699. The van der Waals surface area contributed by atoms with Gasteiger partial charge < -0.3 is 15.4 Å². The molecule has 0 aliphatic heterocycles. The molecule has 0 aliphatic rings. The summed E-state index contributed by atoms with van der Waals surface area (Å²) in [6.07, 6.45) is 0. The molecule has 0 radical (unpaired) electrons. The summed E-state index contributed by atoms with van der Waals surface area (Å²) in [7, 11) is 0. The molecule has 3 aromatic rings. The fourth-order valence-corrected chi connectivity index (χ4v) is 2.83. The van der Waals surface area contributed by atoms with Gasteiger partial charge in [0.25, 0.3) is 0 Å². The monoisotopic (exact) mass is 399 g/mol. The maximum absolute atomic E-state index is 11.3. The molecule has 1 heterocycles. The summed E-state index contributed by atoms with van der Waals surface area (Å²) in [5, 5.41) is 13.0. The minimum atomic E-state index is -1.04. The molecule has 0 saturated heterocycles. The summed E-state index contributed by atoms with van der Waals surface area (Å²) in [6, 6.07) is 8.41. The molecule has 3 rings (SSSR count). The van der Waals surface area contributed by atoms with Crippen molar-refractivity contribution in [1.29, 1.82) is 0 Å². The van der Waals surface area contributed by atoms with Gasteiger partial charge >= 0.3 is 5.97 Å². The molecule has 0 unspecified atom stereocenters. The number of halogens is 3. The number of aromatic carboxylic acids is 1. The van der Waals surface area contributed by atoms with Crippen LogP contribution in [0.4, 0.5) is 11.6 Å². The number of hydrogen-bond acceptors (Lipinski definition) is 3. The fraction of sp³-hybridized carbons (Fsp3) is 0. The lowest BCUT2D eigenvalue weighted by Crippen LogP contribution is -1.97. The third-order valence-electron chi connectivity index (χ3n) is 2.99. The van der Waals surface area contributed by atoms with E-state index in [2.05, 4.69) is 31.2 Å². The van der Waals surface area contributed by atoms with Gasteiger partial charge in [0, 0.05) is 4.47 Å². The number of H-pyrrole nitrogens is 1. The Balaban J connectivity index is 2.07. The van der Waals surface area contributed by atoms with Gasteiger partial charge in [-0.25, -0.2) is 9.78 Å². The lowest BCUT2D eigenvalue weighted by atomic mass is 10.2. The van der Waals surface area contributed by atoms with Crippen molar-refractivity contribution in [2.24, 2.45) is 0 Å². The van der Waals surface area contributed by atoms with Crippen molar-refractivity contribution in [2.45, 2.75) is 0 Å². The highest BCUT2D eigenvalue weighted by molar-refractivity contribution is 9.10. The third kappa shape index (κ3) is 2.77. The first kappa shape index (κ1) is 15.1. The van der Waals surface area contributed by atoms with Crippen LogP contribution < -0.4 is 5.32 Å². The second-order valence-electron chi connectivity index (χ2n) is 4.46. The minimum Gasteiger partial charge on any atom is -0.478 e. The molecule has 0 atom stereocenters. The number of fused-ring (bicyclic) bond motifs is 1. The molecule has 8 heteroatoms. The first-order valence-corrected chi connectivity index (χ1v) is 7.64. The van der Waals surface area contributed by atoms with Gasteiger partial charge in [-0.15, -0.1) is 0 Å². The van der Waals surface area contributed by atoms with E-state index in [9.17, 15) is 9.90 Å². The second kappa shape index (κ2) is 5.79. The Labute approximate surface area is 143 Å². The van der Waals surface area contributed by atoms with Crippen LogP contribution in [0.1, 0.15) is 10.4 Å². The van der Waals surface area contributed by atoms with Crippen molar-refractivity contribution in [1.82, 2.24) is 9.97 Å². The number of aromatic nitrogens is 2. The van der Waals surface area contributed by atoms with Crippen molar-refractivity contribution in [3.8, 4) is 0 Å². The average Bonchev–Trinajstić information content (AvgIpc) is 2.85. The van der Waals surface area contributed by atoms with Gasteiger partial charge in [-0.1, -0.05) is 45.2 Å². The Bertz CT molecular complexity index is 895. The number of imidazole rings is 1. The van der Waals surface area contributed by atoms with Crippen molar-refractivity contribution in [2.75, 3.05) is 5.32 Å². The molecule has 0 spiro atoms. The molecule has 0 fully saturated rings. The molecule has 0 aliphatic carbocycles. The Hall–Kier alpha value is -1.76. The van der Waals surface area contributed by atoms with Crippen LogP contribution in [0.3, 0.4) is 0 Å². The molecule has 3 N–H and O–H groups in total. The molecule has 5 nitrogen and oxygen atoms in total. The number of nitrogens with zero attached hydrogens (tertiary/aromatic N) is 1. The number of carbonyl (C=O) groups is 1. The van der Waals surface area contributed by atoms with Gasteiger partial charge in [0.15, 0.2) is 0 Å². The van der Waals surface area contributed by atoms with Gasteiger partial charge in [-0.3, -0.25) is 0 Å². The first-order valence-electron chi connectivity index (χ1n) is 6.09. The fourth-order valence-electron chi connectivity index (χ4n) is 2.03. The van der Waals surface area contributed by atoms with Gasteiger partial charge in [0.05, 0.1) is 32.3 Å². The van der Waals surface area contributed by atoms with Crippen LogP contribution >= 0.6 is 39.1 Å². The van der Waals surface area contributed by atoms with Crippen molar-refractivity contribution in [3.05, 3.63) is 50.4 Å². The molecule has 0 amide bonds. The van der Waals surface area contributed by atoms with Crippen LogP contribution in [0, 0.1) is 0 Å². The quantitative estimate of drug-likeness (QED) is 0.573. The second-order valence-corrected chi connectivity index (χ2v) is 6.17. The van der Waals surface area contributed by atoms with Crippen molar-refractivity contribution >= 4 is 67.8 Å². The van der Waals surface area contributed by atoms with E-state index in [1.54, 1.807) is 24.3 Å². The Kier molecular flexibility index (Phi) is 3.99.